The first-order valence-electron chi connectivity index (χ1n) is 8.99. The molecule has 5 heteroatoms. The summed E-state index contributed by atoms with van der Waals surface area (Å²) in [6.45, 7) is 9.83. The number of likely N-dealkylation sites (tertiary alicyclic amines) is 1. The number of rotatable bonds is 7. The third-order valence-corrected chi connectivity index (χ3v) is 4.98. The van der Waals surface area contributed by atoms with E-state index < -0.39 is 0 Å². The van der Waals surface area contributed by atoms with Crippen LogP contribution in [-0.4, -0.2) is 86.2 Å². The second-order valence-corrected chi connectivity index (χ2v) is 6.77. The van der Waals surface area contributed by atoms with Gasteiger partial charge in [0.1, 0.15) is 0 Å². The van der Waals surface area contributed by atoms with Gasteiger partial charge in [0.05, 0.1) is 13.2 Å². The zero-order valence-electron chi connectivity index (χ0n) is 14.4. The molecule has 0 amide bonds. The first-order chi connectivity index (χ1) is 10.7. The van der Waals surface area contributed by atoms with E-state index >= 15 is 0 Å². The number of carbonyl (C=O) groups excluding carboxylic acids is 1. The van der Waals surface area contributed by atoms with Crippen molar-refractivity contribution in [1.29, 1.82) is 0 Å². The molecule has 0 unspecified atom stereocenters. The first-order valence-corrected chi connectivity index (χ1v) is 8.99. The summed E-state index contributed by atoms with van der Waals surface area (Å²) in [5, 5.41) is 0. The van der Waals surface area contributed by atoms with Crippen molar-refractivity contribution >= 4 is 5.97 Å². The van der Waals surface area contributed by atoms with Crippen LogP contribution >= 0.6 is 0 Å². The monoisotopic (exact) mass is 311 g/mol. The van der Waals surface area contributed by atoms with Gasteiger partial charge >= 0.3 is 5.97 Å². The van der Waals surface area contributed by atoms with Gasteiger partial charge in [0, 0.05) is 32.2 Å². The number of esters is 1. The van der Waals surface area contributed by atoms with Crippen molar-refractivity contribution in [2.24, 2.45) is 0 Å². The third-order valence-electron chi connectivity index (χ3n) is 4.98. The Kier molecular flexibility index (Phi) is 7.63. The fourth-order valence-electron chi connectivity index (χ4n) is 3.41. The van der Waals surface area contributed by atoms with Crippen molar-refractivity contribution in [3.63, 3.8) is 0 Å². The zero-order valence-corrected chi connectivity index (χ0v) is 14.4. The Balaban J connectivity index is 1.59. The van der Waals surface area contributed by atoms with E-state index in [-0.39, 0.29) is 5.97 Å². The maximum atomic E-state index is 11.8. The van der Waals surface area contributed by atoms with E-state index in [9.17, 15) is 4.79 Å². The quantitative estimate of drug-likeness (QED) is 0.525. The molecule has 2 aliphatic heterocycles. The Bertz CT molecular complexity index is 322. The Labute approximate surface area is 135 Å². The SMILES string of the molecule is CCCCCOC(=O)CN1CCN(C2CCN(C)CC2)CC1. The molecule has 0 bridgehead atoms. The van der Waals surface area contributed by atoms with Gasteiger partial charge in [-0.25, -0.2) is 0 Å². The van der Waals surface area contributed by atoms with Crippen molar-refractivity contribution < 1.29 is 9.53 Å². The molecule has 5 nitrogen and oxygen atoms in total. The van der Waals surface area contributed by atoms with Gasteiger partial charge in [0.2, 0.25) is 0 Å². The molecule has 0 aromatic rings. The number of nitrogens with zero attached hydrogens (tertiary/aromatic N) is 3. The van der Waals surface area contributed by atoms with Crippen LogP contribution < -0.4 is 0 Å². The van der Waals surface area contributed by atoms with Crippen molar-refractivity contribution in [1.82, 2.24) is 14.7 Å². The van der Waals surface area contributed by atoms with Gasteiger partial charge in [0.25, 0.3) is 0 Å². The molecule has 22 heavy (non-hydrogen) atoms. The number of carbonyl (C=O) groups is 1. The number of hydrogen-bond acceptors (Lipinski definition) is 5. The predicted octanol–water partition coefficient (Wildman–Crippen LogP) is 1.43. The second-order valence-electron chi connectivity index (χ2n) is 6.77. The molecule has 0 aromatic heterocycles. The van der Waals surface area contributed by atoms with E-state index in [0.717, 1.165) is 51.5 Å². The second kappa shape index (κ2) is 9.48. The molecule has 0 N–H and O–H groups in total. The largest absolute Gasteiger partial charge is 0.465 e. The summed E-state index contributed by atoms with van der Waals surface area (Å²) in [7, 11) is 2.21. The van der Waals surface area contributed by atoms with Crippen molar-refractivity contribution in [3.05, 3.63) is 0 Å². The molecule has 128 valence electrons. The van der Waals surface area contributed by atoms with Gasteiger partial charge in [0.15, 0.2) is 0 Å². The minimum Gasteiger partial charge on any atom is -0.465 e. The fourth-order valence-corrected chi connectivity index (χ4v) is 3.41. The lowest BCUT2D eigenvalue weighted by Crippen LogP contribution is -2.53. The van der Waals surface area contributed by atoms with Crippen LogP contribution in [0.5, 0.6) is 0 Å². The van der Waals surface area contributed by atoms with Crippen LogP contribution in [0.15, 0.2) is 0 Å². The summed E-state index contributed by atoms with van der Waals surface area (Å²) in [5.74, 6) is -0.0520. The zero-order chi connectivity index (χ0) is 15.8. The molecule has 2 heterocycles. The highest BCUT2D eigenvalue weighted by Gasteiger charge is 2.27. The fraction of sp³-hybridized carbons (Fsp3) is 0.941. The van der Waals surface area contributed by atoms with Gasteiger partial charge in [-0.05, 0) is 39.4 Å². The highest BCUT2D eigenvalue weighted by molar-refractivity contribution is 5.71. The van der Waals surface area contributed by atoms with Gasteiger partial charge in [-0.3, -0.25) is 14.6 Å². The van der Waals surface area contributed by atoms with Crippen LogP contribution in [0.25, 0.3) is 0 Å². The topological polar surface area (TPSA) is 36.0 Å². The van der Waals surface area contributed by atoms with Crippen LogP contribution in [0.3, 0.4) is 0 Å². The average Bonchev–Trinajstić information content (AvgIpc) is 2.53. The number of piperazine rings is 1. The molecule has 2 fully saturated rings. The lowest BCUT2D eigenvalue weighted by molar-refractivity contribution is -0.145. The van der Waals surface area contributed by atoms with E-state index in [2.05, 4.69) is 28.7 Å². The van der Waals surface area contributed by atoms with Gasteiger partial charge in [-0.1, -0.05) is 19.8 Å². The molecule has 0 aromatic carbocycles. The summed E-state index contributed by atoms with van der Waals surface area (Å²) in [4.78, 5) is 19.1. The normalized spacial score (nSPS) is 22.8. The van der Waals surface area contributed by atoms with Crippen LogP contribution in [0.4, 0.5) is 0 Å². The molecular weight excluding hydrogens is 278 g/mol. The smallest absolute Gasteiger partial charge is 0.320 e. The minimum absolute atomic E-state index is 0.0520. The number of ether oxygens (including phenoxy) is 1. The van der Waals surface area contributed by atoms with Crippen LogP contribution in [0.1, 0.15) is 39.0 Å². The molecule has 2 saturated heterocycles. The van der Waals surface area contributed by atoms with Gasteiger partial charge < -0.3 is 9.64 Å². The predicted molar refractivity (Wildman–Crippen MR) is 89.0 cm³/mol. The molecule has 0 radical (unpaired) electrons. The molecule has 0 saturated carbocycles. The molecule has 0 atom stereocenters. The number of piperidine rings is 1. The van der Waals surface area contributed by atoms with Crippen molar-refractivity contribution in [3.8, 4) is 0 Å². The molecule has 2 aliphatic rings. The van der Waals surface area contributed by atoms with E-state index in [0.29, 0.717) is 13.2 Å². The third kappa shape index (κ3) is 5.86. The first kappa shape index (κ1) is 17.7. The number of unbranched alkanes of at least 4 members (excludes halogenated alkanes) is 2. The Hall–Kier alpha value is -0.650. The van der Waals surface area contributed by atoms with Crippen LogP contribution in [-0.2, 0) is 9.53 Å². The molecule has 0 aliphatic carbocycles. The highest BCUT2D eigenvalue weighted by Crippen LogP contribution is 2.17. The van der Waals surface area contributed by atoms with Crippen molar-refractivity contribution in [2.75, 3.05) is 59.5 Å². The summed E-state index contributed by atoms with van der Waals surface area (Å²) in [5.41, 5.74) is 0. The summed E-state index contributed by atoms with van der Waals surface area (Å²) >= 11 is 0. The maximum absolute atomic E-state index is 11.8. The average molecular weight is 311 g/mol. The molecular formula is C17H33N3O2. The summed E-state index contributed by atoms with van der Waals surface area (Å²) < 4.78 is 5.30. The van der Waals surface area contributed by atoms with Gasteiger partial charge in [-0.2, -0.15) is 0 Å². The van der Waals surface area contributed by atoms with E-state index in [1.165, 1.54) is 25.9 Å². The Morgan fingerprint density at radius 2 is 1.73 bits per heavy atom. The molecule has 2 rings (SSSR count). The standard InChI is InChI=1S/C17H33N3O2/c1-3-4-5-14-22-17(21)15-19-10-12-20(13-11-19)16-6-8-18(2)9-7-16/h16H,3-15H2,1-2H3. The summed E-state index contributed by atoms with van der Waals surface area (Å²) in [6, 6.07) is 0.749. The molecule has 0 spiro atoms. The lowest BCUT2D eigenvalue weighted by Gasteiger charge is -2.42. The Morgan fingerprint density at radius 3 is 2.36 bits per heavy atom. The van der Waals surface area contributed by atoms with Crippen LogP contribution in [0.2, 0.25) is 0 Å². The van der Waals surface area contributed by atoms with E-state index in [1.807, 2.05) is 0 Å². The highest BCUT2D eigenvalue weighted by atomic mass is 16.5. The lowest BCUT2D eigenvalue weighted by atomic mass is 10.0. The van der Waals surface area contributed by atoms with Crippen molar-refractivity contribution in [2.45, 2.75) is 45.1 Å². The van der Waals surface area contributed by atoms with E-state index in [4.69, 9.17) is 4.74 Å². The number of hydrogen-bond donors (Lipinski definition) is 0. The van der Waals surface area contributed by atoms with Crippen LogP contribution in [0, 0.1) is 0 Å². The summed E-state index contributed by atoms with van der Waals surface area (Å²) in [6.07, 6.45) is 5.87. The van der Waals surface area contributed by atoms with E-state index in [1.54, 1.807) is 0 Å². The minimum atomic E-state index is -0.0520. The maximum Gasteiger partial charge on any atom is 0.320 e. The van der Waals surface area contributed by atoms with Gasteiger partial charge in [-0.15, -0.1) is 0 Å². The Morgan fingerprint density at radius 1 is 1.05 bits per heavy atom.